The number of benzene rings is 5. The lowest BCUT2D eigenvalue weighted by Crippen LogP contribution is -2.54. The normalized spacial score (nSPS) is 20.1. The minimum atomic E-state index is -1.14. The molecule has 5 aromatic carbocycles. The smallest absolute Gasteiger partial charge is 0.407 e. The molecule has 3 amide bonds. The van der Waals surface area contributed by atoms with Crippen molar-refractivity contribution in [1.29, 1.82) is 0 Å². The summed E-state index contributed by atoms with van der Waals surface area (Å²) in [6, 6.07) is 42.6. The zero-order chi connectivity index (χ0) is 43.9. The Balaban J connectivity index is 0.986. The lowest BCUT2D eigenvalue weighted by molar-refractivity contribution is -0.329. The third-order valence-electron chi connectivity index (χ3n) is 11.6. The molecular formula is C51H57N3O9. The zero-order valence-electron chi connectivity index (χ0n) is 35.7. The molecule has 0 aromatic heterocycles. The first kappa shape index (κ1) is 44.8. The molecule has 2 heterocycles. The van der Waals surface area contributed by atoms with Crippen molar-refractivity contribution in [2.24, 2.45) is 0 Å². The number of carbonyl (C=O) groups excluding carboxylic acids is 4. The molecule has 0 unspecified atom stereocenters. The highest BCUT2D eigenvalue weighted by Crippen LogP contribution is 2.41. The maximum Gasteiger partial charge on any atom is 0.407 e. The number of esters is 1. The third kappa shape index (κ3) is 12.9. The Morgan fingerprint density at radius 1 is 0.746 bits per heavy atom. The van der Waals surface area contributed by atoms with E-state index in [1.165, 1.54) is 0 Å². The van der Waals surface area contributed by atoms with Crippen LogP contribution in [0, 0.1) is 0 Å². The van der Waals surface area contributed by atoms with Gasteiger partial charge in [0.1, 0.15) is 18.8 Å². The van der Waals surface area contributed by atoms with E-state index in [4.69, 9.17) is 23.7 Å². The molecule has 0 bridgehead atoms. The van der Waals surface area contributed by atoms with Crippen LogP contribution in [0.3, 0.4) is 0 Å². The molecule has 5 aromatic rings. The largest absolute Gasteiger partial charge is 0.464 e. The van der Waals surface area contributed by atoms with Gasteiger partial charge in [0.05, 0.1) is 18.8 Å². The fourth-order valence-corrected chi connectivity index (χ4v) is 8.62. The molecule has 0 aliphatic carbocycles. The Morgan fingerprint density at radius 2 is 1.41 bits per heavy atom. The third-order valence-corrected chi connectivity index (χ3v) is 11.6. The van der Waals surface area contributed by atoms with Crippen LogP contribution in [0.25, 0.3) is 10.8 Å². The number of carbonyl (C=O) groups is 4. The Morgan fingerprint density at radius 3 is 2.14 bits per heavy atom. The summed E-state index contributed by atoms with van der Waals surface area (Å²) < 4.78 is 30.4. The topological polar surface area (TPSA) is 151 Å². The summed E-state index contributed by atoms with van der Waals surface area (Å²) in [7, 11) is 0. The Kier molecular flexibility index (Phi) is 15.8. The van der Waals surface area contributed by atoms with Gasteiger partial charge < -0.3 is 39.6 Å². The van der Waals surface area contributed by atoms with Crippen LogP contribution in [0.5, 0.6) is 0 Å². The quantitative estimate of drug-likeness (QED) is 0.0618. The SMILES string of the molecule is CCOC(=O)[C@H](Cc1ccccc1)NC(=O)CC[C@@H]1C[C@@H](OC(=O)NCc2cccc3ccccc23)C[C@@]2(CCC[C@H](COC(=O)NCC(c3ccccc3)c3ccccc3)O2)O1. The van der Waals surface area contributed by atoms with Crippen LogP contribution in [-0.2, 0) is 46.2 Å². The van der Waals surface area contributed by atoms with Crippen molar-refractivity contribution < 1.29 is 42.9 Å². The molecule has 1 spiro atoms. The summed E-state index contributed by atoms with van der Waals surface area (Å²) in [6.45, 7) is 2.53. The number of alkyl carbamates (subject to hydrolysis) is 2. The number of ether oxygens (including phenoxy) is 5. The predicted molar refractivity (Wildman–Crippen MR) is 239 cm³/mol. The van der Waals surface area contributed by atoms with E-state index in [-0.39, 0.29) is 57.3 Å². The average molecular weight is 856 g/mol. The van der Waals surface area contributed by atoms with E-state index >= 15 is 0 Å². The van der Waals surface area contributed by atoms with Crippen molar-refractivity contribution in [2.45, 2.75) is 101 Å². The van der Waals surface area contributed by atoms with Gasteiger partial charge in [-0.1, -0.05) is 133 Å². The van der Waals surface area contributed by atoms with Crippen LogP contribution < -0.4 is 16.0 Å². The second-order valence-electron chi connectivity index (χ2n) is 16.2. The van der Waals surface area contributed by atoms with Crippen LogP contribution in [0.4, 0.5) is 9.59 Å². The number of rotatable bonds is 17. The Labute approximate surface area is 369 Å². The van der Waals surface area contributed by atoms with Gasteiger partial charge in [-0.05, 0) is 59.2 Å². The number of nitrogens with one attached hydrogen (secondary N) is 3. The first-order valence-electron chi connectivity index (χ1n) is 22.0. The molecule has 63 heavy (non-hydrogen) atoms. The zero-order valence-corrected chi connectivity index (χ0v) is 35.7. The van der Waals surface area contributed by atoms with Crippen LogP contribution in [0.15, 0.2) is 133 Å². The first-order chi connectivity index (χ1) is 30.8. The number of amides is 3. The molecule has 2 saturated heterocycles. The van der Waals surface area contributed by atoms with Gasteiger partial charge in [0, 0.05) is 51.1 Å². The lowest BCUT2D eigenvalue weighted by Gasteiger charge is -2.47. The predicted octanol–water partition coefficient (Wildman–Crippen LogP) is 8.51. The van der Waals surface area contributed by atoms with Crippen LogP contribution in [0.2, 0.25) is 0 Å². The summed E-state index contributed by atoms with van der Waals surface area (Å²) in [5.41, 5.74) is 4.01. The van der Waals surface area contributed by atoms with E-state index in [2.05, 4.69) is 16.0 Å². The molecule has 0 saturated carbocycles. The Hall–Kier alpha value is -6.24. The lowest BCUT2D eigenvalue weighted by atomic mass is 9.90. The minimum absolute atomic E-state index is 0.000932. The van der Waals surface area contributed by atoms with Crippen LogP contribution >= 0.6 is 0 Å². The highest BCUT2D eigenvalue weighted by Gasteiger charge is 2.47. The van der Waals surface area contributed by atoms with E-state index in [1.807, 2.05) is 133 Å². The van der Waals surface area contributed by atoms with Crippen LogP contribution in [0.1, 0.15) is 80.0 Å². The van der Waals surface area contributed by atoms with Crippen molar-refractivity contribution in [3.05, 3.63) is 156 Å². The van der Waals surface area contributed by atoms with Gasteiger partial charge in [0.2, 0.25) is 5.91 Å². The van der Waals surface area contributed by atoms with E-state index in [9.17, 15) is 19.2 Å². The molecule has 7 rings (SSSR count). The maximum absolute atomic E-state index is 13.4. The Bertz CT molecular complexity index is 2220. The van der Waals surface area contributed by atoms with Crippen molar-refractivity contribution in [3.8, 4) is 0 Å². The summed E-state index contributed by atoms with van der Waals surface area (Å²) in [5, 5.41) is 10.9. The highest BCUT2D eigenvalue weighted by atomic mass is 16.7. The van der Waals surface area contributed by atoms with E-state index in [0.29, 0.717) is 32.2 Å². The molecular weight excluding hydrogens is 799 g/mol. The number of hydrogen-bond donors (Lipinski definition) is 3. The van der Waals surface area contributed by atoms with Gasteiger partial charge in [0.15, 0.2) is 5.79 Å². The van der Waals surface area contributed by atoms with Gasteiger partial charge >= 0.3 is 18.2 Å². The maximum atomic E-state index is 13.4. The fourth-order valence-electron chi connectivity index (χ4n) is 8.62. The highest BCUT2D eigenvalue weighted by molar-refractivity contribution is 5.86. The molecule has 2 aliphatic rings. The monoisotopic (exact) mass is 855 g/mol. The van der Waals surface area contributed by atoms with Crippen molar-refractivity contribution in [1.82, 2.24) is 16.0 Å². The van der Waals surface area contributed by atoms with Crippen LogP contribution in [-0.4, -0.2) is 74.0 Å². The second kappa shape index (κ2) is 22.2. The summed E-state index contributed by atoms with van der Waals surface area (Å²) in [6.07, 6.45) is 0.357. The molecule has 5 atom stereocenters. The van der Waals surface area contributed by atoms with E-state index in [0.717, 1.165) is 33.0 Å². The average Bonchev–Trinajstić information content (AvgIpc) is 3.30. The molecule has 330 valence electrons. The first-order valence-corrected chi connectivity index (χ1v) is 22.0. The van der Waals surface area contributed by atoms with Crippen molar-refractivity contribution in [3.63, 3.8) is 0 Å². The summed E-state index contributed by atoms with van der Waals surface area (Å²) >= 11 is 0. The van der Waals surface area contributed by atoms with Gasteiger partial charge in [0.25, 0.3) is 0 Å². The summed E-state index contributed by atoms with van der Waals surface area (Å²) in [5.74, 6) is -2.05. The molecule has 12 heteroatoms. The second-order valence-corrected chi connectivity index (χ2v) is 16.2. The molecule has 3 N–H and O–H groups in total. The van der Waals surface area contributed by atoms with Gasteiger partial charge in [-0.2, -0.15) is 0 Å². The van der Waals surface area contributed by atoms with Crippen molar-refractivity contribution in [2.75, 3.05) is 19.8 Å². The van der Waals surface area contributed by atoms with Gasteiger partial charge in [-0.25, -0.2) is 14.4 Å². The van der Waals surface area contributed by atoms with Gasteiger partial charge in [-0.15, -0.1) is 0 Å². The van der Waals surface area contributed by atoms with Crippen molar-refractivity contribution >= 4 is 34.8 Å². The molecule has 0 radical (unpaired) electrons. The number of fused-ring (bicyclic) bond motifs is 1. The van der Waals surface area contributed by atoms with Gasteiger partial charge in [-0.3, -0.25) is 4.79 Å². The molecule has 2 aliphatic heterocycles. The van der Waals surface area contributed by atoms with E-state index < -0.39 is 48.3 Å². The fraction of sp³-hybridized carbons (Fsp3) is 0.373. The molecule has 12 nitrogen and oxygen atoms in total. The minimum Gasteiger partial charge on any atom is -0.464 e. The standard InChI is InChI=1S/C51H57N3O9/c1-2-59-48(56)46(30-36-16-6-3-7-17-36)54-47(55)28-27-41-31-43(61-50(58)52-33-40-24-14-23-37-22-12-13-26-44(37)40)32-51(62-41)29-15-25-42(63-51)35-60-49(57)53-34-45(38-18-8-4-9-19-38)39-20-10-5-11-21-39/h3-14,16-24,26,41-43,45-46H,2,15,25,27-35H2,1H3,(H,52,58)(H,53,57)(H,54,55)/t41-,42-,43-,46+,51+/m1/s1. The van der Waals surface area contributed by atoms with E-state index in [1.54, 1.807) is 6.92 Å². The molecule has 2 fully saturated rings. The summed E-state index contributed by atoms with van der Waals surface area (Å²) in [4.78, 5) is 52.9. The number of hydrogen-bond acceptors (Lipinski definition) is 9.